The van der Waals surface area contributed by atoms with Crippen LogP contribution >= 0.6 is 35.2 Å². The molecule has 0 unspecified atom stereocenters. The second kappa shape index (κ2) is 5.77. The van der Waals surface area contributed by atoms with Crippen molar-refractivity contribution in [2.45, 2.75) is 32.2 Å². The van der Waals surface area contributed by atoms with E-state index in [0.717, 1.165) is 34.9 Å². The van der Waals surface area contributed by atoms with Crippen molar-refractivity contribution in [2.24, 2.45) is 11.1 Å². The second-order valence-corrected chi connectivity index (χ2v) is 7.26. The van der Waals surface area contributed by atoms with Crippen molar-refractivity contribution < 1.29 is 4.79 Å². The fourth-order valence-electron chi connectivity index (χ4n) is 2.65. The first-order valence-electron chi connectivity index (χ1n) is 6.25. The number of carbonyl (C=O) groups excluding carboxylic acids is 1. The predicted molar refractivity (Wildman–Crippen MR) is 83.5 cm³/mol. The van der Waals surface area contributed by atoms with Crippen molar-refractivity contribution in [1.82, 2.24) is 4.90 Å². The average molecular weight is 317 g/mol. The van der Waals surface area contributed by atoms with Gasteiger partial charge in [0.05, 0.1) is 21.3 Å². The SMILES string of the molecule is CN(Cc1ccc(Cl)s1)C(=O)C1(C(N)=S)CCCC1. The van der Waals surface area contributed by atoms with Gasteiger partial charge in [0.15, 0.2) is 0 Å². The highest BCUT2D eigenvalue weighted by molar-refractivity contribution is 7.80. The Labute approximate surface area is 127 Å². The van der Waals surface area contributed by atoms with E-state index < -0.39 is 5.41 Å². The van der Waals surface area contributed by atoms with Crippen LogP contribution < -0.4 is 5.73 Å². The average Bonchev–Trinajstić information content (AvgIpc) is 2.98. The number of hydrogen-bond donors (Lipinski definition) is 1. The zero-order valence-corrected chi connectivity index (χ0v) is 13.2. The van der Waals surface area contributed by atoms with Gasteiger partial charge in [-0.3, -0.25) is 4.79 Å². The number of nitrogens with zero attached hydrogens (tertiary/aromatic N) is 1. The molecule has 1 aliphatic carbocycles. The first-order valence-corrected chi connectivity index (χ1v) is 7.86. The van der Waals surface area contributed by atoms with Crippen LogP contribution in [-0.2, 0) is 11.3 Å². The molecule has 2 rings (SSSR count). The van der Waals surface area contributed by atoms with Crippen molar-refractivity contribution in [3.8, 4) is 0 Å². The summed E-state index contributed by atoms with van der Waals surface area (Å²) >= 11 is 12.5. The highest BCUT2D eigenvalue weighted by Crippen LogP contribution is 2.40. The third-order valence-electron chi connectivity index (χ3n) is 3.71. The highest BCUT2D eigenvalue weighted by Gasteiger charge is 2.45. The highest BCUT2D eigenvalue weighted by atomic mass is 35.5. The molecule has 6 heteroatoms. The number of thiophene rings is 1. The van der Waals surface area contributed by atoms with E-state index in [4.69, 9.17) is 29.6 Å². The van der Waals surface area contributed by atoms with E-state index in [1.807, 2.05) is 12.1 Å². The van der Waals surface area contributed by atoms with Gasteiger partial charge >= 0.3 is 0 Å². The Balaban J connectivity index is 2.11. The Morgan fingerprint density at radius 1 is 1.53 bits per heavy atom. The van der Waals surface area contributed by atoms with E-state index in [1.165, 1.54) is 11.3 Å². The maximum Gasteiger partial charge on any atom is 0.235 e. The van der Waals surface area contributed by atoms with E-state index in [1.54, 1.807) is 11.9 Å². The molecular weight excluding hydrogens is 300 g/mol. The Morgan fingerprint density at radius 2 is 2.16 bits per heavy atom. The number of halogens is 1. The molecule has 1 aromatic heterocycles. The van der Waals surface area contributed by atoms with E-state index in [0.29, 0.717) is 11.5 Å². The summed E-state index contributed by atoms with van der Waals surface area (Å²) < 4.78 is 0.737. The number of amides is 1. The van der Waals surface area contributed by atoms with Gasteiger partial charge in [-0.25, -0.2) is 0 Å². The number of hydrogen-bond acceptors (Lipinski definition) is 3. The molecule has 1 fully saturated rings. The normalized spacial score (nSPS) is 17.4. The molecule has 1 saturated carbocycles. The van der Waals surface area contributed by atoms with E-state index >= 15 is 0 Å². The Bertz CT molecular complexity index is 495. The van der Waals surface area contributed by atoms with Crippen molar-refractivity contribution in [3.05, 3.63) is 21.3 Å². The lowest BCUT2D eigenvalue weighted by Gasteiger charge is -2.31. The van der Waals surface area contributed by atoms with Gasteiger partial charge in [-0.15, -0.1) is 11.3 Å². The van der Waals surface area contributed by atoms with Gasteiger partial charge in [-0.1, -0.05) is 36.7 Å². The maximum absolute atomic E-state index is 12.6. The van der Waals surface area contributed by atoms with Gasteiger partial charge in [-0.2, -0.15) is 0 Å². The molecule has 1 heterocycles. The Hall–Kier alpha value is -0.650. The first kappa shape index (κ1) is 14.8. The molecule has 3 nitrogen and oxygen atoms in total. The van der Waals surface area contributed by atoms with Gasteiger partial charge in [0.2, 0.25) is 5.91 Å². The Morgan fingerprint density at radius 3 is 2.63 bits per heavy atom. The lowest BCUT2D eigenvalue weighted by Crippen LogP contribution is -2.47. The molecule has 1 aromatic rings. The largest absolute Gasteiger partial charge is 0.392 e. The molecule has 104 valence electrons. The van der Waals surface area contributed by atoms with Crippen LogP contribution in [0.5, 0.6) is 0 Å². The van der Waals surface area contributed by atoms with Crippen molar-refractivity contribution >= 4 is 46.1 Å². The summed E-state index contributed by atoms with van der Waals surface area (Å²) in [6.45, 7) is 0.556. The molecule has 19 heavy (non-hydrogen) atoms. The predicted octanol–water partition coefficient (Wildman–Crippen LogP) is 3.21. The van der Waals surface area contributed by atoms with E-state index in [2.05, 4.69) is 0 Å². The van der Waals surface area contributed by atoms with Gasteiger partial charge in [-0.05, 0) is 25.0 Å². The van der Waals surface area contributed by atoms with Crippen molar-refractivity contribution in [2.75, 3.05) is 7.05 Å². The summed E-state index contributed by atoms with van der Waals surface area (Å²) in [5.74, 6) is 0.0435. The van der Waals surface area contributed by atoms with Crippen LogP contribution in [0.15, 0.2) is 12.1 Å². The van der Waals surface area contributed by atoms with Gasteiger partial charge in [0.1, 0.15) is 0 Å². The molecule has 2 N–H and O–H groups in total. The summed E-state index contributed by atoms with van der Waals surface area (Å²) in [7, 11) is 1.80. The number of nitrogens with two attached hydrogens (primary N) is 1. The smallest absolute Gasteiger partial charge is 0.235 e. The summed E-state index contributed by atoms with van der Waals surface area (Å²) in [6, 6.07) is 3.79. The molecule has 1 aliphatic rings. The summed E-state index contributed by atoms with van der Waals surface area (Å²) in [4.78, 5) is 15.8. The van der Waals surface area contributed by atoms with Crippen LogP contribution in [0, 0.1) is 5.41 Å². The van der Waals surface area contributed by atoms with Crippen LogP contribution in [0.1, 0.15) is 30.6 Å². The quantitative estimate of drug-likeness (QED) is 0.868. The topological polar surface area (TPSA) is 46.3 Å². The van der Waals surface area contributed by atoms with Crippen LogP contribution in [0.25, 0.3) is 0 Å². The third-order valence-corrected chi connectivity index (χ3v) is 5.31. The fourth-order valence-corrected chi connectivity index (χ4v) is 4.08. The molecule has 1 amide bonds. The standard InChI is InChI=1S/C13H17ClN2OS2/c1-16(8-9-4-5-10(14)19-9)12(17)13(11(15)18)6-2-3-7-13/h4-5H,2-3,6-8H2,1H3,(H2,15,18). The zero-order chi connectivity index (χ0) is 14.0. The number of thiocarbonyl (C=S) groups is 1. The van der Waals surface area contributed by atoms with Crippen molar-refractivity contribution in [1.29, 1.82) is 0 Å². The minimum absolute atomic E-state index is 0.0435. The van der Waals surface area contributed by atoms with Gasteiger partial charge < -0.3 is 10.6 Å². The van der Waals surface area contributed by atoms with Gasteiger partial charge in [0, 0.05) is 11.9 Å². The maximum atomic E-state index is 12.6. The van der Waals surface area contributed by atoms with Gasteiger partial charge in [0.25, 0.3) is 0 Å². The Kier molecular flexibility index (Phi) is 4.48. The zero-order valence-electron chi connectivity index (χ0n) is 10.8. The van der Waals surface area contributed by atoms with Crippen LogP contribution in [0.2, 0.25) is 4.34 Å². The molecule has 0 saturated heterocycles. The molecule has 0 aliphatic heterocycles. The minimum atomic E-state index is -0.620. The second-order valence-electron chi connectivity index (χ2n) is 5.02. The molecule has 0 radical (unpaired) electrons. The summed E-state index contributed by atoms with van der Waals surface area (Å²) in [5, 5.41) is 0. The molecule has 0 atom stereocenters. The van der Waals surface area contributed by atoms with Crippen LogP contribution in [-0.4, -0.2) is 22.8 Å². The molecular formula is C13H17ClN2OS2. The van der Waals surface area contributed by atoms with Crippen LogP contribution in [0.4, 0.5) is 0 Å². The third kappa shape index (κ3) is 2.93. The first-order chi connectivity index (χ1) is 8.95. The summed E-state index contributed by atoms with van der Waals surface area (Å²) in [5.41, 5.74) is 5.21. The number of rotatable bonds is 4. The monoisotopic (exact) mass is 316 g/mol. The fraction of sp³-hybridized carbons (Fsp3) is 0.538. The van der Waals surface area contributed by atoms with E-state index in [9.17, 15) is 4.79 Å². The van der Waals surface area contributed by atoms with Crippen molar-refractivity contribution in [3.63, 3.8) is 0 Å². The van der Waals surface area contributed by atoms with Crippen LogP contribution in [0.3, 0.4) is 0 Å². The molecule has 0 bridgehead atoms. The lowest BCUT2D eigenvalue weighted by atomic mass is 9.84. The summed E-state index contributed by atoms with van der Waals surface area (Å²) in [6.07, 6.45) is 3.58. The van der Waals surface area contributed by atoms with E-state index in [-0.39, 0.29) is 5.91 Å². The minimum Gasteiger partial charge on any atom is -0.392 e. The number of carbonyl (C=O) groups is 1. The molecule has 0 spiro atoms. The lowest BCUT2D eigenvalue weighted by molar-refractivity contribution is -0.137. The molecule has 0 aromatic carbocycles.